The van der Waals surface area contributed by atoms with Gasteiger partial charge in [-0.25, -0.2) is 4.79 Å². The van der Waals surface area contributed by atoms with Crippen LogP contribution in [-0.4, -0.2) is 18.0 Å². The third-order valence-electron chi connectivity index (χ3n) is 3.02. The molecule has 5 heteroatoms. The number of benzene rings is 2. The molecule has 2 aromatic carbocycles. The topological polar surface area (TPSA) is 55.4 Å². The van der Waals surface area contributed by atoms with Crippen molar-refractivity contribution in [2.24, 2.45) is 0 Å². The molecule has 1 N–H and O–H groups in total. The normalized spacial score (nSPS) is 11.5. The molecule has 0 spiro atoms. The van der Waals surface area contributed by atoms with Crippen molar-refractivity contribution in [3.63, 3.8) is 0 Å². The minimum atomic E-state index is -0.879. The van der Waals surface area contributed by atoms with Gasteiger partial charge in [-0.3, -0.25) is 4.79 Å². The Hall–Kier alpha value is -2.33. The fraction of sp³-hybridized carbons (Fsp3) is 0.176. The van der Waals surface area contributed by atoms with Crippen molar-refractivity contribution in [1.29, 1.82) is 0 Å². The molecule has 0 saturated heterocycles. The monoisotopic (exact) mass is 317 g/mol. The Labute approximate surface area is 134 Å². The van der Waals surface area contributed by atoms with E-state index in [1.807, 2.05) is 30.3 Å². The number of nitrogens with one attached hydrogen (secondary N) is 1. The van der Waals surface area contributed by atoms with Gasteiger partial charge in [0.15, 0.2) is 6.10 Å². The minimum absolute atomic E-state index is 0.315. The first kappa shape index (κ1) is 16.0. The zero-order valence-electron chi connectivity index (χ0n) is 12.1. The van der Waals surface area contributed by atoms with Crippen molar-refractivity contribution in [3.8, 4) is 0 Å². The Balaban J connectivity index is 1.87. The second-order valence-electron chi connectivity index (χ2n) is 4.76. The molecule has 0 aliphatic rings. The summed E-state index contributed by atoms with van der Waals surface area (Å²) < 4.78 is 5.13. The Morgan fingerprint density at radius 1 is 1.14 bits per heavy atom. The van der Waals surface area contributed by atoms with Crippen LogP contribution in [0.15, 0.2) is 54.6 Å². The number of amides is 1. The van der Waals surface area contributed by atoms with Crippen molar-refractivity contribution in [3.05, 3.63) is 70.7 Å². The lowest BCUT2D eigenvalue weighted by atomic mass is 10.2. The molecule has 1 atom stereocenters. The summed E-state index contributed by atoms with van der Waals surface area (Å²) in [6.45, 7) is 1.92. The van der Waals surface area contributed by atoms with Gasteiger partial charge in [0.2, 0.25) is 0 Å². The van der Waals surface area contributed by atoms with Gasteiger partial charge in [-0.15, -0.1) is 0 Å². The van der Waals surface area contributed by atoms with E-state index in [0.717, 1.165) is 5.56 Å². The maximum atomic E-state index is 11.9. The van der Waals surface area contributed by atoms with E-state index in [0.29, 0.717) is 17.1 Å². The molecule has 0 saturated carbocycles. The zero-order valence-corrected chi connectivity index (χ0v) is 12.8. The highest BCUT2D eigenvalue weighted by molar-refractivity contribution is 6.30. The average Bonchev–Trinajstić information content (AvgIpc) is 2.53. The summed E-state index contributed by atoms with van der Waals surface area (Å²) in [6, 6.07) is 15.9. The zero-order chi connectivity index (χ0) is 15.9. The fourth-order valence-electron chi connectivity index (χ4n) is 1.83. The van der Waals surface area contributed by atoms with Crippen LogP contribution in [0, 0.1) is 0 Å². The van der Waals surface area contributed by atoms with E-state index in [4.69, 9.17) is 16.3 Å². The van der Waals surface area contributed by atoms with Crippen LogP contribution in [0.4, 0.5) is 0 Å². The third kappa shape index (κ3) is 4.60. The number of carbonyl (C=O) groups is 2. The molecule has 0 radical (unpaired) electrons. The Kier molecular flexibility index (Phi) is 5.55. The summed E-state index contributed by atoms with van der Waals surface area (Å²) in [7, 11) is 0. The van der Waals surface area contributed by atoms with Crippen LogP contribution in [0.1, 0.15) is 22.8 Å². The first-order valence-electron chi connectivity index (χ1n) is 6.84. The molecule has 2 aromatic rings. The quantitative estimate of drug-likeness (QED) is 0.862. The maximum Gasteiger partial charge on any atom is 0.338 e. The lowest BCUT2D eigenvalue weighted by Gasteiger charge is -2.13. The minimum Gasteiger partial charge on any atom is -0.449 e. The lowest BCUT2D eigenvalue weighted by Crippen LogP contribution is -2.35. The van der Waals surface area contributed by atoms with Gasteiger partial charge in [0, 0.05) is 11.6 Å². The van der Waals surface area contributed by atoms with Crippen LogP contribution < -0.4 is 5.32 Å². The predicted octanol–water partition coefficient (Wildman–Crippen LogP) is 3.20. The number of rotatable bonds is 5. The summed E-state index contributed by atoms with van der Waals surface area (Å²) in [5.41, 5.74) is 1.29. The SMILES string of the molecule is C[C@H](OC(=O)c1cccc(Cl)c1)C(=O)NCc1ccccc1. The van der Waals surface area contributed by atoms with E-state index >= 15 is 0 Å². The van der Waals surface area contributed by atoms with Crippen LogP contribution in [-0.2, 0) is 16.1 Å². The molecule has 0 aromatic heterocycles. The van der Waals surface area contributed by atoms with Gasteiger partial charge in [-0.2, -0.15) is 0 Å². The number of halogens is 1. The van der Waals surface area contributed by atoms with Crippen molar-refractivity contribution >= 4 is 23.5 Å². The molecule has 22 heavy (non-hydrogen) atoms. The standard InChI is InChI=1S/C17H16ClNO3/c1-12(16(20)19-11-13-6-3-2-4-7-13)22-17(21)14-8-5-9-15(18)10-14/h2-10,12H,11H2,1H3,(H,19,20)/t12-/m0/s1. The van der Waals surface area contributed by atoms with Crippen LogP contribution in [0.2, 0.25) is 5.02 Å². The summed E-state index contributed by atoms with van der Waals surface area (Å²) in [5, 5.41) is 3.17. The highest BCUT2D eigenvalue weighted by Gasteiger charge is 2.18. The van der Waals surface area contributed by atoms with Gasteiger partial charge in [-0.1, -0.05) is 48.0 Å². The van der Waals surface area contributed by atoms with Gasteiger partial charge in [0.1, 0.15) is 0 Å². The molecule has 114 valence electrons. The van der Waals surface area contributed by atoms with Crippen molar-refractivity contribution < 1.29 is 14.3 Å². The van der Waals surface area contributed by atoms with Crippen LogP contribution in [0.3, 0.4) is 0 Å². The molecule has 4 nitrogen and oxygen atoms in total. The second kappa shape index (κ2) is 7.61. The van der Waals surface area contributed by atoms with Crippen molar-refractivity contribution in [2.75, 3.05) is 0 Å². The number of ether oxygens (including phenoxy) is 1. The van der Waals surface area contributed by atoms with Crippen molar-refractivity contribution in [2.45, 2.75) is 19.6 Å². The van der Waals surface area contributed by atoms with Gasteiger partial charge in [0.25, 0.3) is 5.91 Å². The van der Waals surface area contributed by atoms with E-state index in [2.05, 4.69) is 5.32 Å². The highest BCUT2D eigenvalue weighted by Crippen LogP contribution is 2.12. The average molecular weight is 318 g/mol. The predicted molar refractivity (Wildman–Crippen MR) is 84.6 cm³/mol. The summed E-state index contributed by atoms with van der Waals surface area (Å²) in [4.78, 5) is 23.9. The highest BCUT2D eigenvalue weighted by atomic mass is 35.5. The Morgan fingerprint density at radius 2 is 1.86 bits per heavy atom. The van der Waals surface area contributed by atoms with E-state index in [1.54, 1.807) is 18.2 Å². The first-order chi connectivity index (χ1) is 10.6. The molecular formula is C17H16ClNO3. The Morgan fingerprint density at radius 3 is 2.55 bits per heavy atom. The van der Waals surface area contributed by atoms with Crippen molar-refractivity contribution in [1.82, 2.24) is 5.32 Å². The second-order valence-corrected chi connectivity index (χ2v) is 5.20. The summed E-state index contributed by atoms with van der Waals surface area (Å²) in [5.74, 6) is -0.927. The van der Waals surface area contributed by atoms with Crippen LogP contribution in [0.5, 0.6) is 0 Å². The molecule has 0 bridgehead atoms. The molecule has 2 rings (SSSR count). The third-order valence-corrected chi connectivity index (χ3v) is 3.26. The molecular weight excluding hydrogens is 302 g/mol. The Bertz CT molecular complexity index is 658. The van der Waals surface area contributed by atoms with Gasteiger partial charge in [-0.05, 0) is 30.7 Å². The maximum absolute atomic E-state index is 11.9. The van der Waals surface area contributed by atoms with Crippen LogP contribution in [0.25, 0.3) is 0 Å². The smallest absolute Gasteiger partial charge is 0.338 e. The molecule has 0 aliphatic carbocycles. The number of hydrogen-bond donors (Lipinski definition) is 1. The first-order valence-corrected chi connectivity index (χ1v) is 7.22. The van der Waals surface area contributed by atoms with Gasteiger partial charge >= 0.3 is 5.97 Å². The van der Waals surface area contributed by atoms with E-state index < -0.39 is 12.1 Å². The number of esters is 1. The largest absolute Gasteiger partial charge is 0.449 e. The lowest BCUT2D eigenvalue weighted by molar-refractivity contribution is -0.129. The number of hydrogen-bond acceptors (Lipinski definition) is 3. The van der Waals surface area contributed by atoms with E-state index in [1.165, 1.54) is 13.0 Å². The molecule has 0 fully saturated rings. The molecule has 0 heterocycles. The fourth-order valence-corrected chi connectivity index (χ4v) is 2.02. The van der Waals surface area contributed by atoms with Gasteiger partial charge in [0.05, 0.1) is 5.56 Å². The molecule has 0 aliphatic heterocycles. The van der Waals surface area contributed by atoms with Gasteiger partial charge < -0.3 is 10.1 Å². The van der Waals surface area contributed by atoms with E-state index in [9.17, 15) is 9.59 Å². The molecule has 1 amide bonds. The van der Waals surface area contributed by atoms with Crippen LogP contribution >= 0.6 is 11.6 Å². The summed E-state index contributed by atoms with van der Waals surface area (Å²) in [6.07, 6.45) is -0.879. The summed E-state index contributed by atoms with van der Waals surface area (Å²) >= 11 is 5.82. The number of carbonyl (C=O) groups excluding carboxylic acids is 2. The molecule has 0 unspecified atom stereocenters. The van der Waals surface area contributed by atoms with E-state index in [-0.39, 0.29) is 5.91 Å².